The molecule has 1 aliphatic rings. The largest absolute Gasteiger partial charge is 0.497 e. The van der Waals surface area contributed by atoms with Crippen LogP contribution in [-0.4, -0.2) is 19.6 Å². The minimum Gasteiger partial charge on any atom is -0.497 e. The van der Waals surface area contributed by atoms with Gasteiger partial charge in [-0.3, -0.25) is 4.79 Å². The normalized spacial score (nSPS) is 13.0. The zero-order valence-corrected chi connectivity index (χ0v) is 15.5. The van der Waals surface area contributed by atoms with Crippen LogP contribution in [0.25, 0.3) is 6.08 Å². The van der Waals surface area contributed by atoms with E-state index in [0.29, 0.717) is 11.5 Å². The molecule has 2 aromatic rings. The average molecular weight is 360 g/mol. The third-order valence-electron chi connectivity index (χ3n) is 4.37. The molecule has 1 heterocycles. The van der Waals surface area contributed by atoms with Gasteiger partial charge in [-0.15, -0.1) is 0 Å². The summed E-state index contributed by atoms with van der Waals surface area (Å²) in [6, 6.07) is 13.3. The minimum absolute atomic E-state index is 0.0319. The fourth-order valence-electron chi connectivity index (χ4n) is 2.90. The van der Waals surface area contributed by atoms with Gasteiger partial charge in [-0.1, -0.05) is 18.2 Å². The highest BCUT2D eigenvalue weighted by Gasteiger charge is 2.16. The molecular formula is C22H20N2O3. The maximum absolute atomic E-state index is 12.6. The summed E-state index contributed by atoms with van der Waals surface area (Å²) < 4.78 is 10.9. The Bertz CT molecular complexity index is 977. The molecule has 0 radical (unpaired) electrons. The number of aryl methyl sites for hydroxylation is 2. The summed E-state index contributed by atoms with van der Waals surface area (Å²) in [5, 5.41) is 12.3. The Labute approximate surface area is 158 Å². The predicted octanol–water partition coefficient (Wildman–Crippen LogP) is 4.18. The van der Waals surface area contributed by atoms with E-state index in [1.54, 1.807) is 13.2 Å². The number of para-hydroxylation sites is 1. The number of nitrogens with zero attached hydrogens (tertiary/aromatic N) is 1. The van der Waals surface area contributed by atoms with Gasteiger partial charge in [-0.2, -0.15) is 5.26 Å². The molecule has 3 rings (SSSR count). The van der Waals surface area contributed by atoms with Crippen LogP contribution in [0.1, 0.15) is 16.7 Å². The summed E-state index contributed by atoms with van der Waals surface area (Å²) >= 11 is 0. The van der Waals surface area contributed by atoms with Gasteiger partial charge in [0, 0.05) is 17.3 Å². The first kappa shape index (κ1) is 18.3. The molecule has 1 N–H and O–H groups in total. The van der Waals surface area contributed by atoms with Crippen molar-refractivity contribution >= 4 is 17.7 Å². The van der Waals surface area contributed by atoms with E-state index >= 15 is 0 Å². The van der Waals surface area contributed by atoms with Crippen LogP contribution in [0.2, 0.25) is 0 Å². The lowest BCUT2D eigenvalue weighted by Gasteiger charge is -2.17. The standard InChI is InChI=1S/C22H20N2O3/c1-14-5-4-6-15(2)21(14)24-22(25)18(12-23)10-16-9-17-7-8-19(26-3)11-20(17)27-13-16/h4-11H,13H2,1-3H3,(H,24,25)/b18-10+. The van der Waals surface area contributed by atoms with E-state index < -0.39 is 5.91 Å². The Kier molecular flexibility index (Phi) is 5.28. The van der Waals surface area contributed by atoms with E-state index in [0.717, 1.165) is 28.0 Å². The molecule has 0 bridgehead atoms. The predicted molar refractivity (Wildman–Crippen MR) is 105 cm³/mol. The number of nitrogens with one attached hydrogen (secondary N) is 1. The molecule has 0 atom stereocenters. The van der Waals surface area contributed by atoms with Crippen LogP contribution < -0.4 is 14.8 Å². The zero-order valence-electron chi connectivity index (χ0n) is 15.5. The highest BCUT2D eigenvalue weighted by Crippen LogP contribution is 2.31. The van der Waals surface area contributed by atoms with Gasteiger partial charge in [0.2, 0.25) is 0 Å². The summed E-state index contributed by atoms with van der Waals surface area (Å²) in [7, 11) is 1.60. The van der Waals surface area contributed by atoms with Crippen molar-refractivity contribution in [2.75, 3.05) is 19.0 Å². The van der Waals surface area contributed by atoms with Gasteiger partial charge >= 0.3 is 0 Å². The number of nitriles is 1. The van der Waals surface area contributed by atoms with Gasteiger partial charge in [-0.05, 0) is 54.8 Å². The molecule has 1 aliphatic heterocycles. The summed E-state index contributed by atoms with van der Waals surface area (Å²) in [5.41, 5.74) is 4.29. The van der Waals surface area contributed by atoms with Crippen molar-refractivity contribution in [3.63, 3.8) is 0 Å². The second kappa shape index (κ2) is 7.79. The number of anilines is 1. The van der Waals surface area contributed by atoms with E-state index in [9.17, 15) is 10.1 Å². The SMILES string of the molecule is COc1ccc2c(c1)OCC(/C=C(\C#N)C(=O)Nc1c(C)cccc1C)=C2. The second-order valence-corrected chi connectivity index (χ2v) is 6.30. The molecule has 5 nitrogen and oxygen atoms in total. The van der Waals surface area contributed by atoms with Crippen LogP contribution in [0.3, 0.4) is 0 Å². The molecule has 0 unspecified atom stereocenters. The Morgan fingerprint density at radius 3 is 2.67 bits per heavy atom. The first-order valence-corrected chi connectivity index (χ1v) is 8.52. The van der Waals surface area contributed by atoms with Crippen LogP contribution in [0, 0.1) is 25.2 Å². The molecule has 27 heavy (non-hydrogen) atoms. The van der Waals surface area contributed by atoms with Gasteiger partial charge in [0.15, 0.2) is 0 Å². The smallest absolute Gasteiger partial charge is 0.266 e. The van der Waals surface area contributed by atoms with Crippen molar-refractivity contribution in [3.8, 4) is 17.6 Å². The lowest BCUT2D eigenvalue weighted by Crippen LogP contribution is -2.16. The summed E-state index contributed by atoms with van der Waals surface area (Å²) in [4.78, 5) is 12.6. The van der Waals surface area contributed by atoms with E-state index in [2.05, 4.69) is 5.32 Å². The molecule has 0 saturated heterocycles. The monoisotopic (exact) mass is 360 g/mol. The van der Waals surface area contributed by atoms with Gasteiger partial charge < -0.3 is 14.8 Å². The number of ether oxygens (including phenoxy) is 2. The van der Waals surface area contributed by atoms with Crippen molar-refractivity contribution in [3.05, 3.63) is 70.3 Å². The maximum Gasteiger partial charge on any atom is 0.266 e. The molecule has 0 aliphatic carbocycles. The van der Waals surface area contributed by atoms with Gasteiger partial charge in [0.05, 0.1) is 7.11 Å². The van der Waals surface area contributed by atoms with Crippen LogP contribution >= 0.6 is 0 Å². The number of benzene rings is 2. The highest BCUT2D eigenvalue weighted by molar-refractivity contribution is 6.07. The summed E-state index contributed by atoms with van der Waals surface area (Å²) in [5.74, 6) is 0.994. The lowest BCUT2D eigenvalue weighted by atomic mass is 10.0. The van der Waals surface area contributed by atoms with Crippen LogP contribution in [0.5, 0.6) is 11.5 Å². The number of hydrogen-bond acceptors (Lipinski definition) is 4. The number of carbonyl (C=O) groups is 1. The van der Waals surface area contributed by atoms with Crippen LogP contribution in [-0.2, 0) is 4.79 Å². The molecule has 0 spiro atoms. The lowest BCUT2D eigenvalue weighted by molar-refractivity contribution is -0.112. The number of fused-ring (bicyclic) bond motifs is 1. The topological polar surface area (TPSA) is 71.3 Å². The molecule has 1 amide bonds. The van der Waals surface area contributed by atoms with Crippen molar-refractivity contribution in [1.82, 2.24) is 0 Å². The summed E-state index contributed by atoms with van der Waals surface area (Å²) in [6.07, 6.45) is 3.47. The van der Waals surface area contributed by atoms with E-state index in [-0.39, 0.29) is 12.2 Å². The van der Waals surface area contributed by atoms with Crippen molar-refractivity contribution in [2.45, 2.75) is 13.8 Å². The molecule has 0 fully saturated rings. The second-order valence-electron chi connectivity index (χ2n) is 6.30. The number of rotatable bonds is 4. The van der Waals surface area contributed by atoms with Crippen molar-refractivity contribution in [1.29, 1.82) is 5.26 Å². The maximum atomic E-state index is 12.6. The van der Waals surface area contributed by atoms with Crippen molar-refractivity contribution < 1.29 is 14.3 Å². The average Bonchev–Trinajstić information content (AvgIpc) is 2.68. The van der Waals surface area contributed by atoms with Gasteiger partial charge in [0.1, 0.15) is 29.7 Å². The highest BCUT2D eigenvalue weighted by atomic mass is 16.5. The van der Waals surface area contributed by atoms with Crippen molar-refractivity contribution in [2.24, 2.45) is 0 Å². The Morgan fingerprint density at radius 2 is 2.00 bits per heavy atom. The fourth-order valence-corrected chi connectivity index (χ4v) is 2.90. The fraction of sp³-hybridized carbons (Fsp3) is 0.182. The molecular weight excluding hydrogens is 340 g/mol. The quantitative estimate of drug-likeness (QED) is 0.656. The third-order valence-corrected chi connectivity index (χ3v) is 4.37. The van der Waals surface area contributed by atoms with Crippen LogP contribution in [0.4, 0.5) is 5.69 Å². The number of amides is 1. The first-order valence-electron chi connectivity index (χ1n) is 8.52. The molecule has 2 aromatic carbocycles. The number of carbonyl (C=O) groups excluding carboxylic acids is 1. The third kappa shape index (κ3) is 4.01. The summed E-state index contributed by atoms with van der Waals surface area (Å²) in [6.45, 7) is 4.12. The molecule has 5 heteroatoms. The van der Waals surface area contributed by atoms with Gasteiger partial charge in [-0.25, -0.2) is 0 Å². The molecule has 136 valence electrons. The molecule has 0 aromatic heterocycles. The van der Waals surface area contributed by atoms with Gasteiger partial charge in [0.25, 0.3) is 5.91 Å². The van der Waals surface area contributed by atoms with E-state index in [4.69, 9.17) is 9.47 Å². The Morgan fingerprint density at radius 1 is 1.26 bits per heavy atom. The number of methoxy groups -OCH3 is 1. The Hall–Kier alpha value is -3.52. The first-order chi connectivity index (χ1) is 13.0. The van der Waals surface area contributed by atoms with E-state index in [1.807, 2.05) is 62.4 Å². The van der Waals surface area contributed by atoms with E-state index in [1.165, 1.54) is 0 Å². The molecule has 0 saturated carbocycles. The Balaban J connectivity index is 1.85. The zero-order chi connectivity index (χ0) is 19.4. The number of hydrogen-bond donors (Lipinski definition) is 1. The van der Waals surface area contributed by atoms with Crippen LogP contribution in [0.15, 0.2) is 53.6 Å². The minimum atomic E-state index is -0.434.